The highest BCUT2D eigenvalue weighted by Crippen LogP contribution is 2.29. The van der Waals surface area contributed by atoms with Crippen molar-refractivity contribution >= 4 is 0 Å². The highest BCUT2D eigenvalue weighted by molar-refractivity contribution is 4.92. The van der Waals surface area contributed by atoms with Gasteiger partial charge in [0.15, 0.2) is 0 Å². The molecule has 0 aliphatic carbocycles. The first kappa shape index (κ1) is 10.2. The lowest BCUT2D eigenvalue weighted by Crippen LogP contribution is -2.42. The zero-order valence-corrected chi connectivity index (χ0v) is 6.80. The first-order valence-corrected chi connectivity index (χ1v) is 3.20. The molecule has 0 bridgehead atoms. The molecule has 0 N–H and O–H groups in total. The molecule has 0 aromatic carbocycles. The van der Waals surface area contributed by atoms with Crippen molar-refractivity contribution in [2.45, 2.75) is 32.1 Å². The number of alkyl halides is 2. The monoisotopic (exact) mass is 163 g/mol. The molecule has 0 heterocycles. The standard InChI is InChI=1S/C6H11F2N3/c1-5(2,7)6(3,8)4-10-11-9/h4H2,1-3H3. The summed E-state index contributed by atoms with van der Waals surface area (Å²) in [5.41, 5.74) is 3.78. The summed E-state index contributed by atoms with van der Waals surface area (Å²) in [6.07, 6.45) is 0. The average Bonchev–Trinajstić information content (AvgIpc) is 1.81. The summed E-state index contributed by atoms with van der Waals surface area (Å²) >= 11 is 0. The van der Waals surface area contributed by atoms with Crippen LogP contribution in [0.4, 0.5) is 8.78 Å². The Morgan fingerprint density at radius 2 is 1.82 bits per heavy atom. The minimum absolute atomic E-state index is 0.479. The molecule has 0 aromatic rings. The molecule has 5 heteroatoms. The Hall–Kier alpha value is -0.830. The van der Waals surface area contributed by atoms with Crippen molar-refractivity contribution in [3.63, 3.8) is 0 Å². The first-order chi connectivity index (χ1) is 4.81. The van der Waals surface area contributed by atoms with Crippen molar-refractivity contribution < 1.29 is 8.78 Å². The lowest BCUT2D eigenvalue weighted by Gasteiger charge is -2.28. The van der Waals surface area contributed by atoms with Crippen LogP contribution in [0.3, 0.4) is 0 Å². The summed E-state index contributed by atoms with van der Waals surface area (Å²) in [5.74, 6) is 0. The second-order valence-corrected chi connectivity index (χ2v) is 3.06. The number of nitrogens with zero attached hydrogens (tertiary/aromatic N) is 3. The molecule has 0 spiro atoms. The summed E-state index contributed by atoms with van der Waals surface area (Å²) < 4.78 is 26.1. The molecule has 1 unspecified atom stereocenters. The van der Waals surface area contributed by atoms with Crippen LogP contribution in [-0.4, -0.2) is 17.9 Å². The number of hydrogen-bond donors (Lipinski definition) is 0. The van der Waals surface area contributed by atoms with Gasteiger partial charge in [0.25, 0.3) is 0 Å². The molecule has 0 amide bonds. The van der Waals surface area contributed by atoms with Crippen LogP contribution in [0.15, 0.2) is 5.11 Å². The summed E-state index contributed by atoms with van der Waals surface area (Å²) in [7, 11) is 0. The van der Waals surface area contributed by atoms with Crippen LogP contribution in [0.5, 0.6) is 0 Å². The lowest BCUT2D eigenvalue weighted by atomic mass is 9.92. The highest BCUT2D eigenvalue weighted by atomic mass is 19.2. The molecule has 0 saturated carbocycles. The Bertz CT molecular complexity index is 177. The van der Waals surface area contributed by atoms with Crippen molar-refractivity contribution in [3.05, 3.63) is 10.4 Å². The van der Waals surface area contributed by atoms with E-state index in [1.807, 2.05) is 0 Å². The molecule has 0 saturated heterocycles. The van der Waals surface area contributed by atoms with E-state index in [-0.39, 0.29) is 0 Å². The van der Waals surface area contributed by atoms with Gasteiger partial charge in [0.2, 0.25) is 0 Å². The van der Waals surface area contributed by atoms with Crippen LogP contribution in [0, 0.1) is 0 Å². The second-order valence-electron chi connectivity index (χ2n) is 3.06. The van der Waals surface area contributed by atoms with Gasteiger partial charge in [-0.1, -0.05) is 5.11 Å². The SMILES string of the molecule is CC(C)(F)C(C)(F)CN=[N+]=[N-]. The van der Waals surface area contributed by atoms with Crippen molar-refractivity contribution in [2.24, 2.45) is 5.11 Å². The van der Waals surface area contributed by atoms with E-state index in [1.165, 1.54) is 0 Å². The molecule has 3 nitrogen and oxygen atoms in total. The summed E-state index contributed by atoms with van der Waals surface area (Å²) in [4.78, 5) is 2.35. The van der Waals surface area contributed by atoms with Gasteiger partial charge < -0.3 is 0 Å². The molecule has 0 fully saturated rings. The molecular formula is C6H11F2N3. The van der Waals surface area contributed by atoms with E-state index in [0.29, 0.717) is 0 Å². The van der Waals surface area contributed by atoms with E-state index >= 15 is 0 Å². The quantitative estimate of drug-likeness (QED) is 0.349. The second kappa shape index (κ2) is 3.05. The summed E-state index contributed by atoms with van der Waals surface area (Å²) in [6.45, 7) is 2.81. The number of rotatable bonds is 3. The Morgan fingerprint density at radius 1 is 1.36 bits per heavy atom. The normalized spacial score (nSPS) is 16.8. The molecule has 0 rings (SSSR count). The molecule has 0 aliphatic heterocycles. The van der Waals surface area contributed by atoms with Crippen LogP contribution >= 0.6 is 0 Å². The van der Waals surface area contributed by atoms with Crippen molar-refractivity contribution in [3.8, 4) is 0 Å². The topological polar surface area (TPSA) is 48.8 Å². The zero-order valence-electron chi connectivity index (χ0n) is 6.80. The molecule has 11 heavy (non-hydrogen) atoms. The Kier molecular flexibility index (Phi) is 2.82. The van der Waals surface area contributed by atoms with Gasteiger partial charge in [-0.05, 0) is 26.3 Å². The Morgan fingerprint density at radius 3 is 2.09 bits per heavy atom. The highest BCUT2D eigenvalue weighted by Gasteiger charge is 2.41. The van der Waals surface area contributed by atoms with Crippen LogP contribution in [0.25, 0.3) is 10.4 Å². The number of azide groups is 1. The van der Waals surface area contributed by atoms with Crippen molar-refractivity contribution in [1.29, 1.82) is 0 Å². The number of hydrogen-bond acceptors (Lipinski definition) is 1. The molecule has 0 radical (unpaired) electrons. The third kappa shape index (κ3) is 2.72. The van der Waals surface area contributed by atoms with Gasteiger partial charge in [0, 0.05) is 4.91 Å². The van der Waals surface area contributed by atoms with Crippen molar-refractivity contribution in [1.82, 2.24) is 0 Å². The van der Waals surface area contributed by atoms with E-state index in [0.717, 1.165) is 20.8 Å². The van der Waals surface area contributed by atoms with Gasteiger partial charge >= 0.3 is 0 Å². The Balaban J connectivity index is 4.33. The third-order valence-corrected chi connectivity index (χ3v) is 1.67. The minimum Gasteiger partial charge on any atom is -0.241 e. The van der Waals surface area contributed by atoms with E-state index in [4.69, 9.17) is 5.53 Å². The van der Waals surface area contributed by atoms with Crippen LogP contribution in [0.2, 0.25) is 0 Å². The van der Waals surface area contributed by atoms with Gasteiger partial charge in [-0.2, -0.15) is 0 Å². The van der Waals surface area contributed by atoms with E-state index in [9.17, 15) is 8.78 Å². The summed E-state index contributed by atoms with van der Waals surface area (Å²) in [5, 5.41) is 2.98. The predicted molar refractivity (Wildman–Crippen MR) is 38.7 cm³/mol. The fourth-order valence-electron chi connectivity index (χ4n) is 0.352. The maximum Gasteiger partial charge on any atom is 0.147 e. The maximum absolute atomic E-state index is 13.1. The lowest BCUT2D eigenvalue weighted by molar-refractivity contribution is 0.00702. The van der Waals surface area contributed by atoms with Crippen LogP contribution < -0.4 is 0 Å². The zero-order chi connectivity index (χ0) is 9.12. The van der Waals surface area contributed by atoms with E-state index < -0.39 is 17.9 Å². The van der Waals surface area contributed by atoms with E-state index in [2.05, 4.69) is 10.0 Å². The van der Waals surface area contributed by atoms with Gasteiger partial charge in [-0.3, -0.25) is 0 Å². The minimum atomic E-state index is -2.10. The van der Waals surface area contributed by atoms with Gasteiger partial charge in [0.05, 0.1) is 6.54 Å². The van der Waals surface area contributed by atoms with Gasteiger partial charge in [-0.15, -0.1) is 0 Å². The predicted octanol–water partition coefficient (Wildman–Crippen LogP) is 2.77. The van der Waals surface area contributed by atoms with Crippen LogP contribution in [0.1, 0.15) is 20.8 Å². The molecule has 1 atom stereocenters. The van der Waals surface area contributed by atoms with Gasteiger partial charge in [-0.25, -0.2) is 8.78 Å². The summed E-state index contributed by atoms with van der Waals surface area (Å²) in [6, 6.07) is 0. The smallest absolute Gasteiger partial charge is 0.147 e. The molecule has 0 aliphatic rings. The average molecular weight is 163 g/mol. The molecule has 64 valence electrons. The third-order valence-electron chi connectivity index (χ3n) is 1.67. The first-order valence-electron chi connectivity index (χ1n) is 3.20. The fraction of sp³-hybridized carbons (Fsp3) is 1.00. The number of halogens is 2. The van der Waals surface area contributed by atoms with Gasteiger partial charge in [0.1, 0.15) is 11.3 Å². The molecule has 0 aromatic heterocycles. The fourth-order valence-corrected chi connectivity index (χ4v) is 0.352. The Labute approximate surface area is 64.0 Å². The maximum atomic E-state index is 13.1. The van der Waals surface area contributed by atoms with Crippen LogP contribution in [-0.2, 0) is 0 Å². The van der Waals surface area contributed by atoms with Crippen molar-refractivity contribution in [2.75, 3.05) is 6.54 Å². The molecular weight excluding hydrogens is 152 g/mol. The van der Waals surface area contributed by atoms with E-state index in [1.54, 1.807) is 0 Å². The largest absolute Gasteiger partial charge is 0.241 e.